The molecule has 4 heteroatoms. The minimum atomic E-state index is -0.185. The van der Waals surface area contributed by atoms with Gasteiger partial charge in [-0.05, 0) is 24.5 Å². The molecule has 3 nitrogen and oxygen atoms in total. The van der Waals surface area contributed by atoms with Gasteiger partial charge in [-0.25, -0.2) is 0 Å². The van der Waals surface area contributed by atoms with Crippen LogP contribution < -0.4 is 0 Å². The Morgan fingerprint density at radius 2 is 1.70 bits per heavy atom. The summed E-state index contributed by atoms with van der Waals surface area (Å²) in [6, 6.07) is 3.90. The third-order valence-corrected chi connectivity index (χ3v) is 1.48. The topological polar surface area (TPSA) is 23.4 Å². The highest BCUT2D eigenvalue weighted by atomic mass is 16.6. The lowest BCUT2D eigenvalue weighted by Crippen LogP contribution is -2.24. The van der Waals surface area contributed by atoms with Crippen LogP contribution in [0, 0.1) is 0 Å². The number of hydrogen-bond donors (Lipinski definition) is 0. The quantitative estimate of drug-likeness (QED) is 0.522. The molecule has 1 aromatic rings. The van der Waals surface area contributed by atoms with Crippen molar-refractivity contribution >= 4 is 7.25 Å². The molecule has 10 heavy (non-hydrogen) atoms. The minimum absolute atomic E-state index is 0.185. The average Bonchev–Trinajstić information content (AvgIpc) is 2.59. The largest absolute Gasteiger partial charge is 0.597 e. The van der Waals surface area contributed by atoms with Crippen molar-refractivity contribution in [3.8, 4) is 0 Å². The molecule has 0 amide bonds. The number of nitrogens with zero attached hydrogens (tertiary/aromatic N) is 1. The normalized spacial score (nSPS) is 18.2. The second kappa shape index (κ2) is 2.48. The van der Waals surface area contributed by atoms with Gasteiger partial charge in [-0.3, -0.25) is 0 Å². The fourth-order valence-electron chi connectivity index (χ4n) is 1.01. The Kier molecular flexibility index (Phi) is 1.49. The summed E-state index contributed by atoms with van der Waals surface area (Å²) in [5.74, 6) is 0. The van der Waals surface area contributed by atoms with E-state index in [0.29, 0.717) is 13.2 Å². The zero-order valence-electron chi connectivity index (χ0n) is 5.56. The standard InChI is InChI=1S/C6H8BNO2/c1-2-4-8(3-1)7-9-5-6-10-7/h1-4H,5-6H2. The summed E-state index contributed by atoms with van der Waals surface area (Å²) in [5.41, 5.74) is 0. The van der Waals surface area contributed by atoms with Crippen molar-refractivity contribution in [3.63, 3.8) is 0 Å². The van der Waals surface area contributed by atoms with Crippen LogP contribution in [0.3, 0.4) is 0 Å². The van der Waals surface area contributed by atoms with Crippen molar-refractivity contribution in [3.05, 3.63) is 24.5 Å². The van der Waals surface area contributed by atoms with E-state index in [0.717, 1.165) is 0 Å². The van der Waals surface area contributed by atoms with Crippen LogP contribution >= 0.6 is 0 Å². The maximum atomic E-state index is 5.24. The Bertz CT molecular complexity index is 194. The van der Waals surface area contributed by atoms with Gasteiger partial charge in [-0.2, -0.15) is 0 Å². The fourth-order valence-corrected chi connectivity index (χ4v) is 1.01. The SMILES string of the molecule is c1ccn(B2OCCO2)c1. The van der Waals surface area contributed by atoms with Gasteiger partial charge in [0.2, 0.25) is 0 Å². The van der Waals surface area contributed by atoms with E-state index >= 15 is 0 Å². The molecule has 0 atom stereocenters. The first-order chi connectivity index (χ1) is 4.97. The molecular weight excluding hydrogens is 129 g/mol. The van der Waals surface area contributed by atoms with E-state index in [1.165, 1.54) is 0 Å². The molecule has 0 N–H and O–H groups in total. The maximum Gasteiger partial charge on any atom is 0.597 e. The Labute approximate surface area is 59.7 Å². The molecule has 0 unspecified atom stereocenters. The lowest BCUT2D eigenvalue weighted by molar-refractivity contribution is 0.362. The molecule has 2 rings (SSSR count). The molecule has 0 saturated carbocycles. The first-order valence-corrected chi connectivity index (χ1v) is 3.32. The van der Waals surface area contributed by atoms with Crippen LogP contribution in [0.15, 0.2) is 24.5 Å². The first kappa shape index (κ1) is 6.01. The first-order valence-electron chi connectivity index (χ1n) is 3.32. The number of hydrogen-bond acceptors (Lipinski definition) is 2. The molecule has 0 aromatic carbocycles. The molecule has 0 radical (unpaired) electrons. The molecule has 2 heterocycles. The smallest absolute Gasteiger partial charge is 0.389 e. The molecule has 1 saturated heterocycles. The summed E-state index contributed by atoms with van der Waals surface area (Å²) in [7, 11) is -0.185. The third kappa shape index (κ3) is 0.957. The van der Waals surface area contributed by atoms with Crippen molar-refractivity contribution in [1.29, 1.82) is 0 Å². The Morgan fingerprint density at radius 3 is 2.30 bits per heavy atom. The van der Waals surface area contributed by atoms with Crippen LogP contribution in [-0.4, -0.2) is 24.9 Å². The number of rotatable bonds is 1. The summed E-state index contributed by atoms with van der Waals surface area (Å²) in [5, 5.41) is 0. The van der Waals surface area contributed by atoms with E-state index in [-0.39, 0.29) is 7.25 Å². The molecule has 0 bridgehead atoms. The predicted molar refractivity (Wildman–Crippen MR) is 37.5 cm³/mol. The molecule has 0 aliphatic carbocycles. The van der Waals surface area contributed by atoms with Crippen LogP contribution in [0.4, 0.5) is 0 Å². The maximum absolute atomic E-state index is 5.24. The Balaban J connectivity index is 2.12. The van der Waals surface area contributed by atoms with Gasteiger partial charge >= 0.3 is 7.25 Å². The van der Waals surface area contributed by atoms with Crippen molar-refractivity contribution < 1.29 is 9.31 Å². The van der Waals surface area contributed by atoms with Crippen LogP contribution in [-0.2, 0) is 9.31 Å². The van der Waals surface area contributed by atoms with E-state index < -0.39 is 0 Å². The van der Waals surface area contributed by atoms with Gasteiger partial charge in [0.1, 0.15) is 0 Å². The van der Waals surface area contributed by atoms with Gasteiger partial charge in [0.25, 0.3) is 0 Å². The van der Waals surface area contributed by atoms with E-state index in [2.05, 4.69) is 0 Å². The molecule has 1 aliphatic rings. The lowest BCUT2D eigenvalue weighted by atomic mass is 10.1. The average molecular weight is 137 g/mol. The molecule has 52 valence electrons. The van der Waals surface area contributed by atoms with Gasteiger partial charge in [-0.15, -0.1) is 0 Å². The van der Waals surface area contributed by atoms with Gasteiger partial charge in [0.05, 0.1) is 13.2 Å². The number of aromatic nitrogens is 1. The molecule has 1 aromatic heterocycles. The van der Waals surface area contributed by atoms with Crippen LogP contribution in [0.25, 0.3) is 0 Å². The van der Waals surface area contributed by atoms with Crippen molar-refractivity contribution in [2.45, 2.75) is 0 Å². The van der Waals surface area contributed by atoms with Crippen molar-refractivity contribution in [2.75, 3.05) is 13.2 Å². The highest BCUT2D eigenvalue weighted by Gasteiger charge is 2.25. The van der Waals surface area contributed by atoms with Crippen LogP contribution in [0.5, 0.6) is 0 Å². The van der Waals surface area contributed by atoms with E-state index in [4.69, 9.17) is 9.31 Å². The van der Waals surface area contributed by atoms with E-state index in [1.54, 1.807) is 0 Å². The summed E-state index contributed by atoms with van der Waals surface area (Å²) >= 11 is 0. The highest BCUT2D eigenvalue weighted by molar-refractivity contribution is 6.43. The second-order valence-corrected chi connectivity index (χ2v) is 2.18. The Morgan fingerprint density at radius 1 is 1.10 bits per heavy atom. The van der Waals surface area contributed by atoms with Gasteiger partial charge in [-0.1, -0.05) is 0 Å². The molecule has 0 spiro atoms. The lowest BCUT2D eigenvalue weighted by Gasteiger charge is -2.02. The van der Waals surface area contributed by atoms with Crippen molar-refractivity contribution in [1.82, 2.24) is 4.48 Å². The summed E-state index contributed by atoms with van der Waals surface area (Å²) in [6.07, 6.45) is 3.85. The van der Waals surface area contributed by atoms with E-state index in [1.807, 2.05) is 29.0 Å². The predicted octanol–water partition coefficient (Wildman–Crippen LogP) is 0.368. The highest BCUT2D eigenvalue weighted by Crippen LogP contribution is 2.02. The monoisotopic (exact) mass is 137 g/mol. The summed E-state index contributed by atoms with van der Waals surface area (Å²) < 4.78 is 12.4. The van der Waals surface area contributed by atoms with Gasteiger partial charge < -0.3 is 13.8 Å². The summed E-state index contributed by atoms with van der Waals surface area (Å²) in [6.45, 7) is 1.39. The molecule has 1 aliphatic heterocycles. The summed E-state index contributed by atoms with van der Waals surface area (Å²) in [4.78, 5) is 0. The van der Waals surface area contributed by atoms with Gasteiger partial charge in [0.15, 0.2) is 0 Å². The second-order valence-electron chi connectivity index (χ2n) is 2.18. The fraction of sp³-hybridized carbons (Fsp3) is 0.333. The molecule has 1 fully saturated rings. The van der Waals surface area contributed by atoms with Gasteiger partial charge in [0, 0.05) is 0 Å². The van der Waals surface area contributed by atoms with Crippen LogP contribution in [0.2, 0.25) is 0 Å². The Hall–Kier alpha value is -0.735. The zero-order chi connectivity index (χ0) is 6.81. The van der Waals surface area contributed by atoms with Crippen molar-refractivity contribution in [2.24, 2.45) is 0 Å². The third-order valence-electron chi connectivity index (χ3n) is 1.48. The molecular formula is C6H8BNO2. The zero-order valence-corrected chi connectivity index (χ0v) is 5.56. The van der Waals surface area contributed by atoms with Crippen LogP contribution in [0.1, 0.15) is 0 Å². The minimum Gasteiger partial charge on any atom is -0.389 e. The van der Waals surface area contributed by atoms with E-state index in [9.17, 15) is 0 Å².